The van der Waals surface area contributed by atoms with Gasteiger partial charge in [-0.2, -0.15) is 0 Å². The van der Waals surface area contributed by atoms with Gasteiger partial charge >= 0.3 is 5.97 Å². The number of nitrogens with one attached hydrogen (secondary N) is 1. The van der Waals surface area contributed by atoms with Gasteiger partial charge in [-0.3, -0.25) is 9.59 Å². The normalized spacial score (nSPS) is 10.6. The third-order valence-corrected chi connectivity index (χ3v) is 4.55. The summed E-state index contributed by atoms with van der Waals surface area (Å²) in [5.41, 5.74) is 1.59. The van der Waals surface area contributed by atoms with Gasteiger partial charge in [-0.15, -0.1) is 11.3 Å². The molecule has 27 heavy (non-hydrogen) atoms. The van der Waals surface area contributed by atoms with Crippen molar-refractivity contribution in [3.63, 3.8) is 0 Å². The lowest BCUT2D eigenvalue weighted by atomic mass is 10.2. The molecule has 0 bridgehead atoms. The minimum absolute atomic E-state index is 0.106. The van der Waals surface area contributed by atoms with Crippen LogP contribution in [0.4, 0.5) is 5.13 Å². The molecule has 0 aliphatic carbocycles. The number of carbonyl (C=O) groups is 2. The van der Waals surface area contributed by atoms with E-state index < -0.39 is 0 Å². The fourth-order valence-corrected chi connectivity index (χ4v) is 3.22. The molecule has 1 aromatic carbocycles. The molecule has 2 heterocycles. The molecule has 0 aliphatic heterocycles. The van der Waals surface area contributed by atoms with E-state index >= 15 is 0 Å². The molecule has 140 valence electrons. The average molecular weight is 384 g/mol. The first-order chi connectivity index (χ1) is 13.1. The Morgan fingerprint density at radius 1 is 1.19 bits per heavy atom. The monoisotopic (exact) mass is 384 g/mol. The van der Waals surface area contributed by atoms with Crippen molar-refractivity contribution in [2.75, 3.05) is 11.9 Å². The lowest BCUT2D eigenvalue weighted by Gasteiger charge is -2.01. The first-order valence-electron chi connectivity index (χ1n) is 8.68. The molecule has 2 aromatic heterocycles. The summed E-state index contributed by atoms with van der Waals surface area (Å²) in [4.78, 5) is 27.8. The zero-order chi connectivity index (χ0) is 19.1. The van der Waals surface area contributed by atoms with Crippen molar-refractivity contribution in [3.8, 4) is 11.3 Å². The Labute approximate surface area is 161 Å². The van der Waals surface area contributed by atoms with E-state index in [-0.39, 0.29) is 24.7 Å². The van der Waals surface area contributed by atoms with E-state index in [9.17, 15) is 9.59 Å². The molecule has 0 atom stereocenters. The molecule has 1 N–H and O–H groups in total. The van der Waals surface area contributed by atoms with Crippen LogP contribution in [0.5, 0.6) is 0 Å². The second-order valence-electron chi connectivity index (χ2n) is 5.81. The van der Waals surface area contributed by atoms with Gasteiger partial charge in [-0.05, 0) is 19.1 Å². The van der Waals surface area contributed by atoms with Gasteiger partial charge in [-0.1, -0.05) is 30.3 Å². The van der Waals surface area contributed by atoms with Crippen molar-refractivity contribution < 1.29 is 18.7 Å². The highest BCUT2D eigenvalue weighted by Crippen LogP contribution is 2.22. The highest BCUT2D eigenvalue weighted by atomic mass is 32.1. The van der Waals surface area contributed by atoms with Crippen LogP contribution in [0.2, 0.25) is 0 Å². The maximum atomic E-state index is 12.1. The number of esters is 1. The number of rotatable bonds is 8. The summed E-state index contributed by atoms with van der Waals surface area (Å²) < 4.78 is 10.7. The molecule has 0 spiro atoms. The second-order valence-corrected chi connectivity index (χ2v) is 6.66. The van der Waals surface area contributed by atoms with Gasteiger partial charge in [0.15, 0.2) is 5.13 Å². The zero-order valence-corrected chi connectivity index (χ0v) is 15.8. The molecule has 0 radical (unpaired) electrons. The fourth-order valence-electron chi connectivity index (χ4n) is 2.49. The number of hydrogen-bond acceptors (Lipinski definition) is 6. The van der Waals surface area contributed by atoms with E-state index in [4.69, 9.17) is 9.15 Å². The number of nitrogens with zero attached hydrogens (tertiary/aromatic N) is 1. The maximum Gasteiger partial charge on any atom is 0.311 e. The van der Waals surface area contributed by atoms with Crippen LogP contribution in [0.15, 0.2) is 52.3 Å². The van der Waals surface area contributed by atoms with Crippen LogP contribution in [0.3, 0.4) is 0 Å². The van der Waals surface area contributed by atoms with E-state index in [0.29, 0.717) is 23.9 Å². The standard InChI is InChI=1S/C20H20N2O4S/c1-2-25-19(24)12-15-13-27-20(21-15)22-18(23)11-9-16-8-10-17(26-16)14-6-4-3-5-7-14/h3-8,10,13H,2,9,11-12H2,1H3,(H,21,22,23). The molecule has 0 unspecified atom stereocenters. The third-order valence-electron chi connectivity index (χ3n) is 3.75. The lowest BCUT2D eigenvalue weighted by Crippen LogP contribution is -2.12. The van der Waals surface area contributed by atoms with Gasteiger partial charge in [0.25, 0.3) is 0 Å². The summed E-state index contributed by atoms with van der Waals surface area (Å²) in [6.45, 7) is 2.09. The summed E-state index contributed by atoms with van der Waals surface area (Å²) in [6, 6.07) is 13.6. The number of aromatic nitrogens is 1. The van der Waals surface area contributed by atoms with Gasteiger partial charge in [0.1, 0.15) is 11.5 Å². The summed E-state index contributed by atoms with van der Waals surface area (Å²) in [6.07, 6.45) is 0.892. The number of anilines is 1. The molecule has 3 aromatic rings. The molecule has 3 rings (SSSR count). The summed E-state index contributed by atoms with van der Waals surface area (Å²) in [5.74, 6) is 1.07. The predicted molar refractivity (Wildman–Crippen MR) is 104 cm³/mol. The number of aryl methyl sites for hydroxylation is 1. The van der Waals surface area contributed by atoms with Crippen LogP contribution in [0, 0.1) is 0 Å². The minimum atomic E-state index is -0.326. The molecule has 0 saturated carbocycles. The molecule has 1 amide bonds. The van der Waals surface area contributed by atoms with Crippen molar-refractivity contribution in [1.82, 2.24) is 4.98 Å². The van der Waals surface area contributed by atoms with Crippen LogP contribution in [0.25, 0.3) is 11.3 Å². The third kappa shape index (κ3) is 5.52. The van der Waals surface area contributed by atoms with Crippen molar-refractivity contribution >= 4 is 28.3 Å². The Kier molecular flexibility index (Phi) is 6.38. The fraction of sp³-hybridized carbons (Fsp3) is 0.250. The molecule has 0 fully saturated rings. The van der Waals surface area contributed by atoms with Crippen LogP contribution in [-0.4, -0.2) is 23.5 Å². The molecule has 0 saturated heterocycles. The van der Waals surface area contributed by atoms with Gasteiger partial charge < -0.3 is 14.5 Å². The Morgan fingerprint density at radius 2 is 2.00 bits per heavy atom. The van der Waals surface area contributed by atoms with Crippen molar-refractivity contribution in [1.29, 1.82) is 0 Å². The summed E-state index contributed by atoms with van der Waals surface area (Å²) in [5, 5.41) is 4.97. The van der Waals surface area contributed by atoms with E-state index in [2.05, 4.69) is 10.3 Å². The first-order valence-corrected chi connectivity index (χ1v) is 9.56. The van der Waals surface area contributed by atoms with Crippen LogP contribution in [-0.2, 0) is 27.2 Å². The first kappa shape index (κ1) is 18.8. The Bertz CT molecular complexity index is 902. The van der Waals surface area contributed by atoms with Gasteiger partial charge in [0.2, 0.25) is 5.91 Å². The number of thiazole rings is 1. The summed E-state index contributed by atoms with van der Waals surface area (Å²) >= 11 is 1.29. The van der Waals surface area contributed by atoms with E-state index in [1.807, 2.05) is 42.5 Å². The topological polar surface area (TPSA) is 81.4 Å². The summed E-state index contributed by atoms with van der Waals surface area (Å²) in [7, 11) is 0. The second kappa shape index (κ2) is 9.14. The molecule has 7 heteroatoms. The van der Waals surface area contributed by atoms with E-state index in [1.54, 1.807) is 12.3 Å². The lowest BCUT2D eigenvalue weighted by molar-refractivity contribution is -0.142. The molecule has 0 aliphatic rings. The number of furan rings is 1. The number of hydrogen-bond donors (Lipinski definition) is 1. The van der Waals surface area contributed by atoms with E-state index in [0.717, 1.165) is 17.1 Å². The van der Waals surface area contributed by atoms with Crippen molar-refractivity contribution in [2.24, 2.45) is 0 Å². The zero-order valence-electron chi connectivity index (χ0n) is 14.9. The van der Waals surface area contributed by atoms with Gasteiger partial charge in [0, 0.05) is 23.8 Å². The van der Waals surface area contributed by atoms with E-state index in [1.165, 1.54) is 11.3 Å². The Balaban J connectivity index is 1.48. The molecular weight excluding hydrogens is 364 g/mol. The average Bonchev–Trinajstić information content (AvgIpc) is 3.30. The van der Waals surface area contributed by atoms with Crippen LogP contribution in [0.1, 0.15) is 24.8 Å². The minimum Gasteiger partial charge on any atom is -0.466 e. The highest BCUT2D eigenvalue weighted by Gasteiger charge is 2.12. The van der Waals surface area contributed by atoms with Crippen LogP contribution >= 0.6 is 11.3 Å². The molecule has 6 nitrogen and oxygen atoms in total. The highest BCUT2D eigenvalue weighted by molar-refractivity contribution is 7.13. The smallest absolute Gasteiger partial charge is 0.311 e. The quantitative estimate of drug-likeness (QED) is 0.592. The molecular formula is C20H20N2O4S. The van der Waals surface area contributed by atoms with Gasteiger partial charge in [0.05, 0.1) is 18.7 Å². The largest absolute Gasteiger partial charge is 0.466 e. The Hall–Kier alpha value is -2.93. The SMILES string of the molecule is CCOC(=O)Cc1csc(NC(=O)CCc2ccc(-c3ccccc3)o2)n1. The number of ether oxygens (including phenoxy) is 1. The number of benzene rings is 1. The maximum absolute atomic E-state index is 12.1. The van der Waals surface area contributed by atoms with Crippen molar-refractivity contribution in [3.05, 3.63) is 59.3 Å². The number of amides is 1. The Morgan fingerprint density at radius 3 is 2.78 bits per heavy atom. The van der Waals surface area contributed by atoms with Gasteiger partial charge in [-0.25, -0.2) is 4.98 Å². The predicted octanol–water partition coefficient (Wildman–Crippen LogP) is 4.08. The number of carbonyl (C=O) groups excluding carboxylic acids is 2. The van der Waals surface area contributed by atoms with Crippen LogP contribution < -0.4 is 5.32 Å². The van der Waals surface area contributed by atoms with Crippen molar-refractivity contribution in [2.45, 2.75) is 26.2 Å².